The van der Waals surface area contributed by atoms with Gasteiger partial charge in [-0.05, 0) is 54.4 Å². The smallest absolute Gasteiger partial charge is 0.0481 e. The topological polar surface area (TPSA) is 38.0 Å². The minimum atomic E-state index is 0.212. The highest BCUT2D eigenvalue weighted by Crippen LogP contribution is 2.35. The van der Waals surface area contributed by atoms with Gasteiger partial charge in [0.15, 0.2) is 0 Å². The van der Waals surface area contributed by atoms with Gasteiger partial charge in [0.1, 0.15) is 0 Å². The van der Waals surface area contributed by atoms with Crippen LogP contribution < -0.4 is 11.1 Å². The van der Waals surface area contributed by atoms with Gasteiger partial charge < -0.3 is 11.1 Å². The molecule has 0 aromatic heterocycles. The van der Waals surface area contributed by atoms with Gasteiger partial charge >= 0.3 is 0 Å². The van der Waals surface area contributed by atoms with Crippen molar-refractivity contribution < 1.29 is 0 Å². The van der Waals surface area contributed by atoms with Crippen LogP contribution in [0.1, 0.15) is 53.6 Å². The van der Waals surface area contributed by atoms with Crippen molar-refractivity contribution in [1.29, 1.82) is 0 Å². The zero-order valence-corrected chi connectivity index (χ0v) is 13.0. The van der Waals surface area contributed by atoms with E-state index < -0.39 is 0 Å². The Kier molecular flexibility index (Phi) is 3.73. The third-order valence-corrected chi connectivity index (χ3v) is 5.32. The molecule has 0 spiro atoms. The Morgan fingerprint density at radius 3 is 2.32 bits per heavy atom. The quantitative estimate of drug-likeness (QED) is 0.886. The van der Waals surface area contributed by atoms with Gasteiger partial charge in [0.2, 0.25) is 0 Å². The molecular formula is C20H24N2. The molecule has 22 heavy (non-hydrogen) atoms. The molecule has 2 aromatic rings. The van der Waals surface area contributed by atoms with Gasteiger partial charge in [-0.3, -0.25) is 0 Å². The molecule has 2 aliphatic carbocycles. The fourth-order valence-electron chi connectivity index (χ4n) is 4.14. The van der Waals surface area contributed by atoms with E-state index in [0.29, 0.717) is 6.04 Å². The summed E-state index contributed by atoms with van der Waals surface area (Å²) in [6.07, 6.45) is 5.86. The monoisotopic (exact) mass is 292 g/mol. The van der Waals surface area contributed by atoms with E-state index in [1.165, 1.54) is 41.5 Å². The number of hydrogen-bond donors (Lipinski definition) is 2. The molecule has 3 unspecified atom stereocenters. The van der Waals surface area contributed by atoms with Crippen molar-refractivity contribution in [2.75, 3.05) is 0 Å². The molecule has 2 aliphatic rings. The maximum atomic E-state index is 6.47. The summed E-state index contributed by atoms with van der Waals surface area (Å²) in [5.74, 6) is 0. The van der Waals surface area contributed by atoms with Crippen LogP contribution in [0.3, 0.4) is 0 Å². The van der Waals surface area contributed by atoms with Crippen LogP contribution in [0.15, 0.2) is 48.5 Å². The van der Waals surface area contributed by atoms with Crippen LogP contribution in [0, 0.1) is 0 Å². The number of hydrogen-bond acceptors (Lipinski definition) is 2. The minimum absolute atomic E-state index is 0.212. The SMILES string of the molecule is NC1CCc2ccccc2C1NC1CCCc2ccccc21. The molecule has 0 bridgehead atoms. The molecule has 3 atom stereocenters. The van der Waals surface area contributed by atoms with Gasteiger partial charge in [-0.25, -0.2) is 0 Å². The van der Waals surface area contributed by atoms with Crippen molar-refractivity contribution in [2.45, 2.75) is 50.2 Å². The summed E-state index contributed by atoms with van der Waals surface area (Å²) in [7, 11) is 0. The molecule has 0 aliphatic heterocycles. The van der Waals surface area contributed by atoms with Crippen molar-refractivity contribution in [3.05, 3.63) is 70.8 Å². The molecule has 114 valence electrons. The maximum absolute atomic E-state index is 6.47. The fraction of sp³-hybridized carbons (Fsp3) is 0.400. The summed E-state index contributed by atoms with van der Waals surface area (Å²) >= 11 is 0. The Bertz CT molecular complexity index is 664. The largest absolute Gasteiger partial charge is 0.326 e. The molecule has 3 N–H and O–H groups in total. The summed E-state index contributed by atoms with van der Waals surface area (Å²) in [5.41, 5.74) is 12.3. The van der Waals surface area contributed by atoms with Crippen LogP contribution in [0.4, 0.5) is 0 Å². The molecule has 0 fully saturated rings. The van der Waals surface area contributed by atoms with Crippen LogP contribution in [-0.4, -0.2) is 6.04 Å². The van der Waals surface area contributed by atoms with Gasteiger partial charge in [0.25, 0.3) is 0 Å². The standard InChI is InChI=1S/C20H24N2/c21-18-13-12-15-7-2-4-10-17(15)20(18)22-19-11-5-8-14-6-1-3-9-16(14)19/h1-4,6-7,9-10,18-20,22H,5,8,11-13,21H2. The van der Waals surface area contributed by atoms with Crippen molar-refractivity contribution in [3.8, 4) is 0 Å². The fourth-order valence-corrected chi connectivity index (χ4v) is 4.14. The molecule has 2 nitrogen and oxygen atoms in total. The van der Waals surface area contributed by atoms with Gasteiger partial charge in [0, 0.05) is 18.1 Å². The third kappa shape index (κ3) is 2.47. The van der Waals surface area contributed by atoms with E-state index in [-0.39, 0.29) is 12.1 Å². The zero-order chi connectivity index (χ0) is 14.9. The summed E-state index contributed by atoms with van der Waals surface area (Å²) in [6.45, 7) is 0. The molecule has 2 aromatic carbocycles. The predicted octanol–water partition coefficient (Wildman–Crippen LogP) is 3.67. The lowest BCUT2D eigenvalue weighted by Gasteiger charge is -2.37. The normalized spacial score (nSPS) is 27.0. The van der Waals surface area contributed by atoms with Crippen molar-refractivity contribution >= 4 is 0 Å². The Hall–Kier alpha value is -1.64. The third-order valence-electron chi connectivity index (χ3n) is 5.32. The van der Waals surface area contributed by atoms with Gasteiger partial charge in [-0.1, -0.05) is 48.5 Å². The van der Waals surface area contributed by atoms with Crippen LogP contribution in [0.5, 0.6) is 0 Å². The van der Waals surface area contributed by atoms with E-state index in [1.807, 2.05) is 0 Å². The first-order chi connectivity index (χ1) is 10.8. The predicted molar refractivity (Wildman–Crippen MR) is 90.7 cm³/mol. The Labute approximate surface area is 132 Å². The van der Waals surface area contributed by atoms with E-state index >= 15 is 0 Å². The van der Waals surface area contributed by atoms with Crippen molar-refractivity contribution in [3.63, 3.8) is 0 Å². The van der Waals surface area contributed by atoms with Crippen LogP contribution >= 0.6 is 0 Å². The molecule has 0 saturated carbocycles. The molecule has 0 radical (unpaired) electrons. The highest BCUT2D eigenvalue weighted by Gasteiger charge is 2.30. The summed E-state index contributed by atoms with van der Waals surface area (Å²) < 4.78 is 0. The highest BCUT2D eigenvalue weighted by molar-refractivity contribution is 5.36. The number of rotatable bonds is 2. The Morgan fingerprint density at radius 1 is 0.818 bits per heavy atom. The van der Waals surface area contributed by atoms with E-state index in [2.05, 4.69) is 53.8 Å². The Balaban J connectivity index is 1.64. The lowest BCUT2D eigenvalue weighted by atomic mass is 9.82. The van der Waals surface area contributed by atoms with E-state index in [4.69, 9.17) is 5.73 Å². The number of benzene rings is 2. The summed E-state index contributed by atoms with van der Waals surface area (Å²) in [6, 6.07) is 18.6. The number of nitrogens with one attached hydrogen (secondary N) is 1. The van der Waals surface area contributed by atoms with E-state index in [1.54, 1.807) is 0 Å². The average molecular weight is 292 g/mol. The number of fused-ring (bicyclic) bond motifs is 2. The van der Waals surface area contributed by atoms with Crippen molar-refractivity contribution in [1.82, 2.24) is 5.32 Å². The molecule has 2 heteroatoms. The summed E-state index contributed by atoms with van der Waals surface area (Å²) in [5, 5.41) is 3.89. The first-order valence-electron chi connectivity index (χ1n) is 8.50. The van der Waals surface area contributed by atoms with Gasteiger partial charge in [-0.2, -0.15) is 0 Å². The number of nitrogens with two attached hydrogens (primary N) is 1. The van der Waals surface area contributed by atoms with Gasteiger partial charge in [-0.15, -0.1) is 0 Å². The zero-order valence-electron chi connectivity index (χ0n) is 13.0. The molecular weight excluding hydrogens is 268 g/mol. The number of aryl methyl sites for hydroxylation is 2. The second kappa shape index (κ2) is 5.86. The highest BCUT2D eigenvalue weighted by atomic mass is 15.0. The summed E-state index contributed by atoms with van der Waals surface area (Å²) in [4.78, 5) is 0. The molecule has 0 amide bonds. The lowest BCUT2D eigenvalue weighted by Crippen LogP contribution is -2.43. The van der Waals surface area contributed by atoms with E-state index in [9.17, 15) is 0 Å². The Morgan fingerprint density at radius 2 is 1.50 bits per heavy atom. The average Bonchev–Trinajstić information content (AvgIpc) is 2.58. The first-order valence-corrected chi connectivity index (χ1v) is 8.50. The van der Waals surface area contributed by atoms with Crippen LogP contribution in [-0.2, 0) is 12.8 Å². The lowest BCUT2D eigenvalue weighted by molar-refractivity contribution is 0.336. The molecule has 4 rings (SSSR count). The van der Waals surface area contributed by atoms with Crippen molar-refractivity contribution in [2.24, 2.45) is 5.73 Å². The van der Waals surface area contributed by atoms with Crippen LogP contribution in [0.25, 0.3) is 0 Å². The van der Waals surface area contributed by atoms with E-state index in [0.717, 1.165) is 12.8 Å². The molecule has 0 heterocycles. The molecule has 0 saturated heterocycles. The van der Waals surface area contributed by atoms with Gasteiger partial charge in [0.05, 0.1) is 0 Å². The first kappa shape index (κ1) is 14.0. The second-order valence-electron chi connectivity index (χ2n) is 6.69. The second-order valence-corrected chi connectivity index (χ2v) is 6.69. The minimum Gasteiger partial charge on any atom is -0.326 e. The maximum Gasteiger partial charge on any atom is 0.0481 e. The van der Waals surface area contributed by atoms with Crippen LogP contribution in [0.2, 0.25) is 0 Å².